The highest BCUT2D eigenvalue weighted by Crippen LogP contribution is 2.26. The lowest BCUT2D eigenvalue weighted by atomic mass is 10.1. The monoisotopic (exact) mass is 193 g/mol. The average Bonchev–Trinajstić information content (AvgIpc) is 2.13. The third kappa shape index (κ3) is 1.61. The Morgan fingerprint density at radius 1 is 1.46 bits per heavy atom. The van der Waals surface area contributed by atoms with E-state index in [0.717, 1.165) is 16.3 Å². The van der Waals surface area contributed by atoms with Crippen molar-refractivity contribution in [1.82, 2.24) is 4.98 Å². The van der Waals surface area contributed by atoms with Crippen molar-refractivity contribution in [3.63, 3.8) is 0 Å². The molecule has 0 amide bonds. The van der Waals surface area contributed by atoms with Crippen LogP contribution in [0, 0.1) is 25.2 Å². The second-order valence-corrected chi connectivity index (χ2v) is 3.53. The fourth-order valence-corrected chi connectivity index (χ4v) is 1.75. The second-order valence-electron chi connectivity index (χ2n) is 2.73. The van der Waals surface area contributed by atoms with Gasteiger partial charge >= 0.3 is 0 Å². The summed E-state index contributed by atoms with van der Waals surface area (Å²) in [5, 5.41) is 9.64. The molecule has 0 atom stereocenters. The Balaban J connectivity index is 3.50. The molecule has 0 aliphatic rings. The topological polar surface area (TPSA) is 62.7 Å². The van der Waals surface area contributed by atoms with Gasteiger partial charge in [-0.2, -0.15) is 5.26 Å². The number of aromatic nitrogens is 1. The van der Waals surface area contributed by atoms with E-state index in [-0.39, 0.29) is 0 Å². The van der Waals surface area contributed by atoms with Crippen LogP contribution in [-0.4, -0.2) is 11.2 Å². The lowest BCUT2D eigenvalue weighted by molar-refractivity contribution is 1.04. The first-order valence-electron chi connectivity index (χ1n) is 3.82. The molecule has 0 aliphatic carbocycles. The molecule has 1 aromatic heterocycles. The standard InChI is InChI=1S/C9H11N3S/c1-5-7(4-10)9(13-3)12-6(2)8(5)11/h11H2,1-3H3. The molecule has 1 aromatic rings. The summed E-state index contributed by atoms with van der Waals surface area (Å²) in [4.78, 5) is 4.24. The number of aryl methyl sites for hydroxylation is 1. The Morgan fingerprint density at radius 2 is 2.08 bits per heavy atom. The number of nitrogens with zero attached hydrogens (tertiary/aromatic N) is 2. The van der Waals surface area contributed by atoms with Gasteiger partial charge in [-0.25, -0.2) is 4.98 Å². The van der Waals surface area contributed by atoms with Crippen molar-refractivity contribution in [2.24, 2.45) is 0 Å². The number of hydrogen-bond acceptors (Lipinski definition) is 4. The van der Waals surface area contributed by atoms with Gasteiger partial charge in [0.25, 0.3) is 0 Å². The van der Waals surface area contributed by atoms with E-state index in [0.29, 0.717) is 11.3 Å². The molecule has 2 N–H and O–H groups in total. The quantitative estimate of drug-likeness (QED) is 0.692. The Labute approximate surface area is 82.0 Å². The van der Waals surface area contributed by atoms with Gasteiger partial charge in [0.1, 0.15) is 11.1 Å². The van der Waals surface area contributed by atoms with E-state index < -0.39 is 0 Å². The summed E-state index contributed by atoms with van der Waals surface area (Å²) < 4.78 is 0. The van der Waals surface area contributed by atoms with Gasteiger partial charge in [-0.15, -0.1) is 11.8 Å². The highest BCUT2D eigenvalue weighted by molar-refractivity contribution is 7.98. The van der Waals surface area contributed by atoms with Gasteiger partial charge in [0.15, 0.2) is 0 Å². The predicted octanol–water partition coefficient (Wildman–Crippen LogP) is 1.87. The van der Waals surface area contributed by atoms with E-state index >= 15 is 0 Å². The van der Waals surface area contributed by atoms with E-state index in [9.17, 15) is 0 Å². The molecule has 3 nitrogen and oxygen atoms in total. The first kappa shape index (κ1) is 9.87. The van der Waals surface area contributed by atoms with E-state index in [1.54, 1.807) is 0 Å². The smallest absolute Gasteiger partial charge is 0.114 e. The van der Waals surface area contributed by atoms with E-state index in [1.165, 1.54) is 11.8 Å². The first-order valence-corrected chi connectivity index (χ1v) is 5.05. The van der Waals surface area contributed by atoms with Crippen LogP contribution in [0.15, 0.2) is 5.03 Å². The van der Waals surface area contributed by atoms with Crippen molar-refractivity contribution < 1.29 is 0 Å². The van der Waals surface area contributed by atoms with E-state index in [1.807, 2.05) is 20.1 Å². The van der Waals surface area contributed by atoms with Gasteiger partial charge in [-0.05, 0) is 25.7 Å². The molecule has 0 radical (unpaired) electrons. The number of thioether (sulfide) groups is 1. The molecule has 13 heavy (non-hydrogen) atoms. The van der Waals surface area contributed by atoms with Gasteiger partial charge in [-0.3, -0.25) is 0 Å². The third-order valence-corrected chi connectivity index (χ3v) is 2.64. The Bertz CT molecular complexity index is 379. The molecule has 1 rings (SSSR count). The van der Waals surface area contributed by atoms with Crippen LogP contribution >= 0.6 is 11.8 Å². The zero-order chi connectivity index (χ0) is 10.0. The maximum atomic E-state index is 8.89. The fourth-order valence-electron chi connectivity index (χ4n) is 1.11. The summed E-state index contributed by atoms with van der Waals surface area (Å²) in [6.45, 7) is 3.70. The Kier molecular flexibility index (Phi) is 2.79. The number of rotatable bonds is 1. The molecule has 68 valence electrons. The second kappa shape index (κ2) is 3.67. The molecule has 0 saturated heterocycles. The highest BCUT2D eigenvalue weighted by atomic mass is 32.2. The Hall–Kier alpha value is -1.21. The van der Waals surface area contributed by atoms with Crippen molar-refractivity contribution in [2.45, 2.75) is 18.9 Å². The number of nitrogen functional groups attached to an aromatic ring is 1. The fraction of sp³-hybridized carbons (Fsp3) is 0.333. The molecular formula is C9H11N3S. The maximum absolute atomic E-state index is 8.89. The molecule has 4 heteroatoms. The summed E-state index contributed by atoms with van der Waals surface area (Å²) in [7, 11) is 0. The zero-order valence-electron chi connectivity index (χ0n) is 7.88. The van der Waals surface area contributed by atoms with Crippen LogP contribution in [0.25, 0.3) is 0 Å². The maximum Gasteiger partial charge on any atom is 0.114 e. The minimum Gasteiger partial charge on any atom is -0.397 e. The minimum atomic E-state index is 0.593. The lowest BCUT2D eigenvalue weighted by Gasteiger charge is -2.08. The molecule has 0 aromatic carbocycles. The molecule has 0 bridgehead atoms. The van der Waals surface area contributed by atoms with Crippen LogP contribution in [0.2, 0.25) is 0 Å². The SMILES string of the molecule is CSc1nc(C)c(N)c(C)c1C#N. The molecular weight excluding hydrogens is 182 g/mol. The largest absolute Gasteiger partial charge is 0.397 e. The molecule has 0 fully saturated rings. The third-order valence-electron chi connectivity index (χ3n) is 1.96. The van der Waals surface area contributed by atoms with Crippen LogP contribution in [0.3, 0.4) is 0 Å². The zero-order valence-corrected chi connectivity index (χ0v) is 8.70. The van der Waals surface area contributed by atoms with E-state index in [2.05, 4.69) is 11.1 Å². The van der Waals surface area contributed by atoms with Crippen molar-refractivity contribution in [3.05, 3.63) is 16.8 Å². The van der Waals surface area contributed by atoms with Crippen molar-refractivity contribution >= 4 is 17.4 Å². The summed E-state index contributed by atoms with van der Waals surface area (Å²) in [6.07, 6.45) is 1.90. The van der Waals surface area contributed by atoms with Crippen molar-refractivity contribution in [1.29, 1.82) is 5.26 Å². The predicted molar refractivity (Wildman–Crippen MR) is 54.6 cm³/mol. The van der Waals surface area contributed by atoms with Crippen molar-refractivity contribution in [3.8, 4) is 6.07 Å². The van der Waals surface area contributed by atoms with Crippen LogP contribution in [0.4, 0.5) is 5.69 Å². The summed E-state index contributed by atoms with van der Waals surface area (Å²) in [5.74, 6) is 0. The summed E-state index contributed by atoms with van der Waals surface area (Å²) >= 11 is 1.47. The van der Waals surface area contributed by atoms with Gasteiger partial charge in [-0.1, -0.05) is 0 Å². The summed E-state index contributed by atoms with van der Waals surface area (Å²) in [6, 6.07) is 2.12. The number of pyridine rings is 1. The molecule has 0 saturated carbocycles. The molecule has 0 unspecified atom stereocenters. The van der Waals surface area contributed by atoms with Crippen LogP contribution < -0.4 is 5.73 Å². The number of anilines is 1. The summed E-state index contributed by atoms with van der Waals surface area (Å²) in [5.41, 5.74) is 8.60. The van der Waals surface area contributed by atoms with Crippen LogP contribution in [0.5, 0.6) is 0 Å². The van der Waals surface area contributed by atoms with Gasteiger partial charge in [0.2, 0.25) is 0 Å². The number of nitriles is 1. The number of nitrogens with two attached hydrogens (primary N) is 1. The van der Waals surface area contributed by atoms with Crippen LogP contribution in [0.1, 0.15) is 16.8 Å². The number of hydrogen-bond donors (Lipinski definition) is 1. The van der Waals surface area contributed by atoms with Crippen molar-refractivity contribution in [2.75, 3.05) is 12.0 Å². The normalized spacial score (nSPS) is 9.69. The van der Waals surface area contributed by atoms with Gasteiger partial charge in [0, 0.05) is 0 Å². The van der Waals surface area contributed by atoms with E-state index in [4.69, 9.17) is 11.0 Å². The Morgan fingerprint density at radius 3 is 2.54 bits per heavy atom. The molecule has 0 spiro atoms. The lowest BCUT2D eigenvalue weighted by Crippen LogP contribution is -2.01. The average molecular weight is 193 g/mol. The van der Waals surface area contributed by atoms with Gasteiger partial charge < -0.3 is 5.73 Å². The molecule has 0 aliphatic heterocycles. The van der Waals surface area contributed by atoms with Gasteiger partial charge in [0.05, 0.1) is 16.9 Å². The minimum absolute atomic E-state index is 0.593. The first-order chi connectivity index (χ1) is 6.11. The molecule has 1 heterocycles. The highest BCUT2D eigenvalue weighted by Gasteiger charge is 2.11. The van der Waals surface area contributed by atoms with Crippen LogP contribution in [-0.2, 0) is 0 Å².